The van der Waals surface area contributed by atoms with Gasteiger partial charge in [-0.05, 0) is 31.5 Å². The number of carbonyl (C=O) groups excluding carboxylic acids is 1. The summed E-state index contributed by atoms with van der Waals surface area (Å²) in [5.74, 6) is 0.0503. The summed E-state index contributed by atoms with van der Waals surface area (Å²) in [5.41, 5.74) is 2.82. The summed E-state index contributed by atoms with van der Waals surface area (Å²) in [6, 6.07) is 5.24. The van der Waals surface area contributed by atoms with Gasteiger partial charge in [0.25, 0.3) is 5.91 Å². The number of thioether (sulfide) groups is 1. The van der Waals surface area contributed by atoms with E-state index in [1.54, 1.807) is 31.5 Å². The molecule has 1 saturated heterocycles. The number of methoxy groups -OCH3 is 2. The molecule has 1 atom stereocenters. The van der Waals surface area contributed by atoms with E-state index in [2.05, 4.69) is 9.97 Å². The lowest BCUT2D eigenvalue weighted by Gasteiger charge is -2.43. The van der Waals surface area contributed by atoms with E-state index in [9.17, 15) is 13.2 Å². The second-order valence-corrected chi connectivity index (χ2v) is 10.9. The molecule has 1 aromatic carbocycles. The van der Waals surface area contributed by atoms with Crippen molar-refractivity contribution in [1.82, 2.24) is 19.8 Å². The molecular weight excluding hydrogens is 444 g/mol. The van der Waals surface area contributed by atoms with Crippen LogP contribution in [-0.2, 0) is 14.8 Å². The van der Waals surface area contributed by atoms with Crippen LogP contribution < -0.4 is 15.0 Å². The number of aromatic nitrogens is 2. The van der Waals surface area contributed by atoms with Crippen molar-refractivity contribution in [3.05, 3.63) is 30.5 Å². The fraction of sp³-hybridized carbons (Fsp3) is 0.421. The zero-order valence-corrected chi connectivity index (χ0v) is 19.2. The molecule has 1 amide bonds. The van der Waals surface area contributed by atoms with Crippen LogP contribution in [0.15, 0.2) is 35.4 Å². The molecule has 2 aromatic rings. The standard InChI is InChI=1S/C19H24N4O6S2/c1-19(2)15(16(24)22-25)23(9-10-30-19)31(26,27)13-7-5-12(6-8-13)14-11-20-18(29-4)21-17(14)28-3/h5-8,11,15,25H,9-10H2,1-4H3,(H,22,24)/t15-/m0/s1. The molecule has 2 heterocycles. The molecular formula is C19H24N4O6S2. The van der Waals surface area contributed by atoms with E-state index in [1.807, 2.05) is 0 Å². The number of rotatable bonds is 6. The first-order chi connectivity index (χ1) is 14.7. The van der Waals surface area contributed by atoms with E-state index in [0.717, 1.165) is 4.31 Å². The van der Waals surface area contributed by atoms with Crippen molar-refractivity contribution < 1.29 is 27.9 Å². The molecule has 1 fully saturated rings. The monoisotopic (exact) mass is 468 g/mol. The van der Waals surface area contributed by atoms with E-state index in [4.69, 9.17) is 14.7 Å². The smallest absolute Gasteiger partial charge is 0.319 e. The number of hydrogen-bond donors (Lipinski definition) is 2. The summed E-state index contributed by atoms with van der Waals surface area (Å²) in [4.78, 5) is 20.5. The van der Waals surface area contributed by atoms with Crippen LogP contribution in [0.4, 0.5) is 0 Å². The Hall–Kier alpha value is -2.41. The molecule has 1 aromatic heterocycles. The second kappa shape index (κ2) is 8.99. The zero-order valence-electron chi connectivity index (χ0n) is 17.5. The summed E-state index contributed by atoms with van der Waals surface area (Å²) in [6.07, 6.45) is 1.53. The average Bonchev–Trinajstić information content (AvgIpc) is 2.77. The minimum Gasteiger partial charge on any atom is -0.480 e. The van der Waals surface area contributed by atoms with Crippen LogP contribution in [0.25, 0.3) is 11.1 Å². The molecule has 1 aliphatic rings. The summed E-state index contributed by atoms with van der Waals surface area (Å²) in [5, 5.41) is 9.16. The second-order valence-electron chi connectivity index (χ2n) is 7.25. The maximum atomic E-state index is 13.3. The van der Waals surface area contributed by atoms with Gasteiger partial charge in [-0.3, -0.25) is 10.0 Å². The van der Waals surface area contributed by atoms with E-state index < -0.39 is 26.7 Å². The van der Waals surface area contributed by atoms with Gasteiger partial charge in [0.1, 0.15) is 6.04 Å². The molecule has 2 N–H and O–H groups in total. The number of ether oxygens (including phenoxy) is 2. The van der Waals surface area contributed by atoms with Crippen LogP contribution in [0.5, 0.6) is 11.9 Å². The SMILES string of the molecule is COc1ncc(-c2ccc(S(=O)(=O)N3CCSC(C)(C)[C@@H]3C(=O)NO)cc2)c(OC)n1. The number of benzene rings is 1. The topological polar surface area (TPSA) is 131 Å². The van der Waals surface area contributed by atoms with Crippen LogP contribution in [0.1, 0.15) is 13.8 Å². The zero-order chi connectivity index (χ0) is 22.8. The summed E-state index contributed by atoms with van der Waals surface area (Å²) in [7, 11) is -1.09. The minimum absolute atomic E-state index is 0.0306. The molecule has 0 saturated carbocycles. The number of amides is 1. The first-order valence-electron chi connectivity index (χ1n) is 9.31. The Morgan fingerprint density at radius 2 is 1.94 bits per heavy atom. The summed E-state index contributed by atoms with van der Waals surface area (Å²) in [6.45, 7) is 3.70. The van der Waals surface area contributed by atoms with Crippen LogP contribution in [0.3, 0.4) is 0 Å². The lowest BCUT2D eigenvalue weighted by atomic mass is 10.0. The quantitative estimate of drug-likeness (QED) is 0.479. The lowest BCUT2D eigenvalue weighted by molar-refractivity contribution is -0.134. The Morgan fingerprint density at radius 3 is 2.52 bits per heavy atom. The van der Waals surface area contributed by atoms with Gasteiger partial charge in [0.15, 0.2) is 0 Å². The van der Waals surface area contributed by atoms with Gasteiger partial charge in [-0.25, -0.2) is 18.9 Å². The molecule has 0 unspecified atom stereocenters. The van der Waals surface area contributed by atoms with Crippen LogP contribution in [-0.4, -0.2) is 71.1 Å². The predicted octanol–water partition coefficient (Wildman–Crippen LogP) is 1.55. The number of hydroxylamine groups is 1. The molecule has 0 spiro atoms. The lowest BCUT2D eigenvalue weighted by Crippen LogP contribution is -2.61. The number of nitrogens with zero attached hydrogens (tertiary/aromatic N) is 3. The highest BCUT2D eigenvalue weighted by molar-refractivity contribution is 8.00. The molecule has 31 heavy (non-hydrogen) atoms. The van der Waals surface area contributed by atoms with Crippen molar-refractivity contribution in [3.63, 3.8) is 0 Å². The third kappa shape index (κ3) is 4.47. The predicted molar refractivity (Wildman–Crippen MR) is 115 cm³/mol. The van der Waals surface area contributed by atoms with Gasteiger partial charge < -0.3 is 9.47 Å². The van der Waals surface area contributed by atoms with Gasteiger partial charge in [0.2, 0.25) is 15.9 Å². The van der Waals surface area contributed by atoms with E-state index in [0.29, 0.717) is 16.9 Å². The highest BCUT2D eigenvalue weighted by Crippen LogP contribution is 2.38. The van der Waals surface area contributed by atoms with Crippen molar-refractivity contribution in [2.75, 3.05) is 26.5 Å². The van der Waals surface area contributed by atoms with Gasteiger partial charge >= 0.3 is 6.01 Å². The van der Waals surface area contributed by atoms with Crippen molar-refractivity contribution in [3.8, 4) is 23.0 Å². The van der Waals surface area contributed by atoms with Crippen LogP contribution >= 0.6 is 11.8 Å². The molecule has 10 nitrogen and oxygen atoms in total. The first kappa shape index (κ1) is 23.3. The van der Waals surface area contributed by atoms with Crippen molar-refractivity contribution in [2.24, 2.45) is 0 Å². The van der Waals surface area contributed by atoms with E-state index in [-0.39, 0.29) is 23.3 Å². The number of hydrogen-bond acceptors (Lipinski definition) is 9. The van der Waals surface area contributed by atoms with Crippen LogP contribution in [0.2, 0.25) is 0 Å². The third-order valence-electron chi connectivity index (χ3n) is 4.97. The fourth-order valence-electron chi connectivity index (χ4n) is 3.46. The first-order valence-corrected chi connectivity index (χ1v) is 11.7. The van der Waals surface area contributed by atoms with Crippen molar-refractivity contribution in [2.45, 2.75) is 29.5 Å². The van der Waals surface area contributed by atoms with Gasteiger partial charge in [-0.1, -0.05) is 12.1 Å². The van der Waals surface area contributed by atoms with Crippen molar-refractivity contribution in [1.29, 1.82) is 0 Å². The highest BCUT2D eigenvalue weighted by atomic mass is 32.2. The molecule has 1 aliphatic heterocycles. The number of carbonyl (C=O) groups is 1. The normalized spacial score (nSPS) is 18.9. The Morgan fingerprint density at radius 1 is 1.26 bits per heavy atom. The number of sulfonamides is 1. The Labute approximate surface area is 185 Å². The minimum atomic E-state index is -4.00. The Balaban J connectivity index is 1.97. The highest BCUT2D eigenvalue weighted by Gasteiger charge is 2.48. The molecule has 0 radical (unpaired) electrons. The fourth-order valence-corrected chi connectivity index (χ4v) is 6.57. The molecule has 3 rings (SSSR count). The summed E-state index contributed by atoms with van der Waals surface area (Å²) < 4.78 is 37.4. The average molecular weight is 469 g/mol. The van der Waals surface area contributed by atoms with Gasteiger partial charge in [-0.15, -0.1) is 0 Å². The maximum absolute atomic E-state index is 13.3. The molecule has 12 heteroatoms. The maximum Gasteiger partial charge on any atom is 0.319 e. The van der Waals surface area contributed by atoms with Gasteiger partial charge in [-0.2, -0.15) is 21.1 Å². The van der Waals surface area contributed by atoms with Gasteiger partial charge in [0, 0.05) is 23.2 Å². The van der Waals surface area contributed by atoms with Gasteiger partial charge in [0.05, 0.1) is 24.7 Å². The largest absolute Gasteiger partial charge is 0.480 e. The summed E-state index contributed by atoms with van der Waals surface area (Å²) >= 11 is 1.48. The van der Waals surface area contributed by atoms with Crippen molar-refractivity contribution >= 4 is 27.7 Å². The van der Waals surface area contributed by atoms with E-state index >= 15 is 0 Å². The molecule has 0 bridgehead atoms. The Kier molecular flexibility index (Phi) is 6.74. The van der Waals surface area contributed by atoms with E-state index in [1.165, 1.54) is 44.3 Å². The molecule has 168 valence electrons. The molecule has 0 aliphatic carbocycles. The number of nitrogens with one attached hydrogen (secondary N) is 1. The Bertz CT molecular complexity index is 1060. The van der Waals surface area contributed by atoms with Crippen LogP contribution in [0, 0.1) is 0 Å². The third-order valence-corrected chi connectivity index (χ3v) is 8.20.